The van der Waals surface area contributed by atoms with E-state index in [0.29, 0.717) is 18.4 Å². The summed E-state index contributed by atoms with van der Waals surface area (Å²) in [4.78, 5) is 0. The van der Waals surface area contributed by atoms with E-state index in [-0.39, 0.29) is 18.1 Å². The minimum Gasteiger partial charge on any atom is -0.490 e. The van der Waals surface area contributed by atoms with Crippen LogP contribution in [0.15, 0.2) is 36.9 Å². The molecule has 0 aromatic heterocycles. The Morgan fingerprint density at radius 3 is 2.26 bits per heavy atom. The van der Waals surface area contributed by atoms with Gasteiger partial charge in [0.15, 0.2) is 11.5 Å². The number of ether oxygens (including phenoxy) is 2. The minimum atomic E-state index is -0.998. The molecule has 2 rings (SSSR count). The average molecular weight is 322 g/mol. The van der Waals surface area contributed by atoms with Gasteiger partial charge in [-0.25, -0.2) is 0 Å². The highest BCUT2D eigenvalue weighted by molar-refractivity contribution is 5.35. The monoisotopic (exact) mass is 322 g/mol. The third-order valence-corrected chi connectivity index (χ3v) is 4.28. The van der Waals surface area contributed by atoms with Gasteiger partial charge in [0, 0.05) is 0 Å². The summed E-state index contributed by atoms with van der Waals surface area (Å²) in [7, 11) is 0. The summed E-state index contributed by atoms with van der Waals surface area (Å²) in [5, 5.41) is 0. The van der Waals surface area contributed by atoms with E-state index in [4.69, 9.17) is 9.47 Å². The fourth-order valence-corrected chi connectivity index (χ4v) is 2.77. The smallest absolute Gasteiger partial charge is 0.204 e. The minimum absolute atomic E-state index is 0.0493. The van der Waals surface area contributed by atoms with Gasteiger partial charge < -0.3 is 9.47 Å². The second kappa shape index (κ2) is 8.70. The third kappa shape index (κ3) is 4.81. The maximum absolute atomic E-state index is 14.0. The predicted octanol–water partition coefficient (Wildman–Crippen LogP) is 5.29. The number of hydrogen-bond acceptors (Lipinski definition) is 2. The van der Waals surface area contributed by atoms with Crippen molar-refractivity contribution < 1.29 is 18.3 Å². The maximum Gasteiger partial charge on any atom is 0.204 e. The van der Waals surface area contributed by atoms with E-state index in [1.54, 1.807) is 12.2 Å². The van der Waals surface area contributed by atoms with Crippen LogP contribution in [0, 0.1) is 23.5 Å². The van der Waals surface area contributed by atoms with E-state index in [9.17, 15) is 8.78 Å². The third-order valence-electron chi connectivity index (χ3n) is 4.28. The summed E-state index contributed by atoms with van der Waals surface area (Å²) in [6.07, 6.45) is 9.75. The molecule has 0 atom stereocenters. The maximum atomic E-state index is 14.0. The van der Waals surface area contributed by atoms with Crippen LogP contribution >= 0.6 is 0 Å². The van der Waals surface area contributed by atoms with E-state index in [0.717, 1.165) is 25.7 Å². The Morgan fingerprint density at radius 2 is 1.70 bits per heavy atom. The molecular formula is C19H24F2O2. The van der Waals surface area contributed by atoms with Gasteiger partial charge in [0.25, 0.3) is 0 Å². The zero-order valence-corrected chi connectivity index (χ0v) is 13.6. The number of rotatable bonds is 7. The van der Waals surface area contributed by atoms with Crippen LogP contribution in [-0.4, -0.2) is 13.2 Å². The standard InChI is InChI=1S/C19H24F2O2/c1-3-5-12-22-16-10-11-17(19(21)18(16)20)23-13-15-8-6-14(4-2)7-9-15/h3-5,10-11,14-15H,2,6-9,12-13H2,1H3. The normalized spacial score (nSPS) is 21.3. The molecule has 1 aromatic rings. The van der Waals surface area contributed by atoms with Crippen LogP contribution in [0.25, 0.3) is 0 Å². The van der Waals surface area contributed by atoms with E-state index in [1.165, 1.54) is 12.1 Å². The zero-order chi connectivity index (χ0) is 16.7. The fraction of sp³-hybridized carbons (Fsp3) is 0.474. The van der Waals surface area contributed by atoms with Crippen molar-refractivity contribution in [1.82, 2.24) is 0 Å². The van der Waals surface area contributed by atoms with Gasteiger partial charge in [-0.15, -0.1) is 6.58 Å². The molecule has 1 aromatic carbocycles. The highest BCUT2D eigenvalue weighted by atomic mass is 19.2. The molecule has 0 radical (unpaired) electrons. The van der Waals surface area contributed by atoms with Gasteiger partial charge in [-0.05, 0) is 56.6 Å². The second-order valence-electron chi connectivity index (χ2n) is 5.90. The Kier molecular flexibility index (Phi) is 6.63. The molecule has 0 saturated heterocycles. The number of halogens is 2. The fourth-order valence-electron chi connectivity index (χ4n) is 2.77. The van der Waals surface area contributed by atoms with Crippen LogP contribution in [0.5, 0.6) is 11.5 Å². The molecule has 1 saturated carbocycles. The largest absolute Gasteiger partial charge is 0.490 e. The van der Waals surface area contributed by atoms with Crippen LogP contribution in [0.3, 0.4) is 0 Å². The first kappa shape index (κ1) is 17.5. The van der Waals surface area contributed by atoms with Crippen molar-refractivity contribution in [2.45, 2.75) is 32.6 Å². The van der Waals surface area contributed by atoms with Crippen LogP contribution in [0.4, 0.5) is 8.78 Å². The average Bonchev–Trinajstić information content (AvgIpc) is 2.58. The molecule has 126 valence electrons. The van der Waals surface area contributed by atoms with E-state index < -0.39 is 11.6 Å². The van der Waals surface area contributed by atoms with Crippen molar-refractivity contribution in [2.24, 2.45) is 11.8 Å². The van der Waals surface area contributed by atoms with Gasteiger partial charge in [-0.1, -0.05) is 18.2 Å². The molecule has 0 N–H and O–H groups in total. The molecule has 1 fully saturated rings. The summed E-state index contributed by atoms with van der Waals surface area (Å²) in [6.45, 7) is 6.28. The summed E-state index contributed by atoms with van der Waals surface area (Å²) in [5.74, 6) is -1.16. The Balaban J connectivity index is 1.90. The lowest BCUT2D eigenvalue weighted by molar-refractivity contribution is 0.187. The highest BCUT2D eigenvalue weighted by Gasteiger charge is 2.21. The van der Waals surface area contributed by atoms with Crippen molar-refractivity contribution in [2.75, 3.05) is 13.2 Å². The molecule has 0 aliphatic heterocycles. The molecular weight excluding hydrogens is 298 g/mol. The highest BCUT2D eigenvalue weighted by Crippen LogP contribution is 2.31. The van der Waals surface area contributed by atoms with E-state index in [2.05, 4.69) is 6.58 Å². The lowest BCUT2D eigenvalue weighted by atomic mass is 9.82. The van der Waals surface area contributed by atoms with Crippen LogP contribution in [0.2, 0.25) is 0 Å². The Bertz CT molecular complexity index is 547. The summed E-state index contributed by atoms with van der Waals surface area (Å²) in [6, 6.07) is 2.84. The van der Waals surface area contributed by atoms with Crippen LogP contribution in [-0.2, 0) is 0 Å². The van der Waals surface area contributed by atoms with Crippen LogP contribution in [0.1, 0.15) is 32.6 Å². The molecule has 23 heavy (non-hydrogen) atoms. The van der Waals surface area contributed by atoms with Crippen molar-refractivity contribution in [3.8, 4) is 11.5 Å². The first-order valence-electron chi connectivity index (χ1n) is 8.13. The summed E-state index contributed by atoms with van der Waals surface area (Å²) in [5.41, 5.74) is 0. The lowest BCUT2D eigenvalue weighted by Crippen LogP contribution is -2.19. The van der Waals surface area contributed by atoms with Gasteiger partial charge in [0.1, 0.15) is 6.61 Å². The van der Waals surface area contributed by atoms with Crippen molar-refractivity contribution >= 4 is 0 Å². The first-order chi connectivity index (χ1) is 11.2. The number of hydrogen-bond donors (Lipinski definition) is 0. The second-order valence-corrected chi connectivity index (χ2v) is 5.90. The van der Waals surface area contributed by atoms with E-state index in [1.807, 2.05) is 13.0 Å². The Hall–Kier alpha value is -1.84. The zero-order valence-electron chi connectivity index (χ0n) is 13.6. The van der Waals surface area contributed by atoms with Gasteiger partial charge in [-0.2, -0.15) is 8.78 Å². The Morgan fingerprint density at radius 1 is 1.09 bits per heavy atom. The van der Waals surface area contributed by atoms with Gasteiger partial charge >= 0.3 is 0 Å². The predicted molar refractivity (Wildman–Crippen MR) is 87.8 cm³/mol. The van der Waals surface area contributed by atoms with Gasteiger partial charge in [0.05, 0.1) is 6.61 Å². The number of benzene rings is 1. The Labute approximate surface area is 136 Å². The van der Waals surface area contributed by atoms with Crippen molar-refractivity contribution in [3.05, 3.63) is 48.6 Å². The molecule has 0 unspecified atom stereocenters. The molecule has 0 bridgehead atoms. The first-order valence-corrected chi connectivity index (χ1v) is 8.13. The molecule has 0 spiro atoms. The molecule has 0 amide bonds. The van der Waals surface area contributed by atoms with Crippen molar-refractivity contribution in [3.63, 3.8) is 0 Å². The number of allylic oxidation sites excluding steroid dienone is 2. The van der Waals surface area contributed by atoms with Gasteiger partial charge in [0.2, 0.25) is 11.6 Å². The SMILES string of the molecule is C=CC1CCC(COc2ccc(OCC=CC)c(F)c2F)CC1. The molecule has 0 heterocycles. The van der Waals surface area contributed by atoms with Crippen molar-refractivity contribution in [1.29, 1.82) is 0 Å². The summed E-state index contributed by atoms with van der Waals surface area (Å²) < 4.78 is 38.6. The molecule has 1 aliphatic carbocycles. The topological polar surface area (TPSA) is 18.5 Å². The molecule has 2 nitrogen and oxygen atoms in total. The van der Waals surface area contributed by atoms with Gasteiger partial charge in [-0.3, -0.25) is 0 Å². The quantitative estimate of drug-likeness (QED) is 0.635. The van der Waals surface area contributed by atoms with Crippen LogP contribution < -0.4 is 9.47 Å². The van der Waals surface area contributed by atoms with E-state index >= 15 is 0 Å². The molecule has 1 aliphatic rings. The molecule has 4 heteroatoms. The lowest BCUT2D eigenvalue weighted by Gasteiger charge is -2.26. The summed E-state index contributed by atoms with van der Waals surface area (Å²) >= 11 is 0.